The minimum absolute atomic E-state index is 0.210. The summed E-state index contributed by atoms with van der Waals surface area (Å²) >= 11 is 0. The molecule has 6 heteroatoms. The van der Waals surface area contributed by atoms with Crippen molar-refractivity contribution in [2.45, 2.75) is 25.5 Å². The summed E-state index contributed by atoms with van der Waals surface area (Å²) in [7, 11) is -0.980. The molecule has 0 aliphatic carbocycles. The van der Waals surface area contributed by atoms with Crippen LogP contribution in [0.2, 0.25) is 0 Å². The molecule has 0 radical (unpaired) electrons. The third kappa shape index (κ3) is 4.04. The highest BCUT2D eigenvalue weighted by molar-refractivity contribution is 7.86. The van der Waals surface area contributed by atoms with Crippen LogP contribution in [0.4, 0.5) is 0 Å². The van der Waals surface area contributed by atoms with Crippen molar-refractivity contribution in [1.29, 1.82) is 0 Å². The molecule has 1 heterocycles. The predicted molar refractivity (Wildman–Crippen MR) is 89.1 cm³/mol. The Kier molecular flexibility index (Phi) is 5.13. The van der Waals surface area contributed by atoms with Crippen LogP contribution in [0.5, 0.6) is 0 Å². The molecule has 0 spiro atoms. The molecule has 0 aliphatic rings. The summed E-state index contributed by atoms with van der Waals surface area (Å²) in [6.45, 7) is 6.15. The SMILES string of the molecule is CC(C)(C)S(=O)CCNC(=O)c1cn[nH]c1-c1ccccc1. The number of aromatic nitrogens is 2. The van der Waals surface area contributed by atoms with Crippen LogP contribution in [0.3, 0.4) is 0 Å². The van der Waals surface area contributed by atoms with E-state index in [1.165, 1.54) is 6.20 Å². The molecule has 1 unspecified atom stereocenters. The van der Waals surface area contributed by atoms with E-state index in [4.69, 9.17) is 0 Å². The maximum absolute atomic E-state index is 12.3. The average molecular weight is 319 g/mol. The summed E-state index contributed by atoms with van der Waals surface area (Å²) in [5, 5.41) is 9.62. The number of hydrogen-bond donors (Lipinski definition) is 2. The molecule has 2 rings (SSSR count). The monoisotopic (exact) mass is 319 g/mol. The summed E-state index contributed by atoms with van der Waals surface area (Å²) in [6.07, 6.45) is 1.51. The molecule has 1 atom stereocenters. The van der Waals surface area contributed by atoms with Crippen LogP contribution in [0, 0.1) is 0 Å². The van der Waals surface area contributed by atoms with E-state index >= 15 is 0 Å². The normalized spacial score (nSPS) is 12.9. The van der Waals surface area contributed by atoms with Gasteiger partial charge in [-0.25, -0.2) is 0 Å². The Morgan fingerprint density at radius 3 is 2.59 bits per heavy atom. The highest BCUT2D eigenvalue weighted by atomic mass is 32.2. The second-order valence-electron chi connectivity index (χ2n) is 5.94. The summed E-state index contributed by atoms with van der Waals surface area (Å²) in [5.41, 5.74) is 2.09. The van der Waals surface area contributed by atoms with Gasteiger partial charge in [0.05, 0.1) is 17.5 Å². The first-order valence-electron chi connectivity index (χ1n) is 7.15. The van der Waals surface area contributed by atoms with Gasteiger partial charge in [0.15, 0.2) is 0 Å². The van der Waals surface area contributed by atoms with E-state index < -0.39 is 10.8 Å². The number of nitrogens with one attached hydrogen (secondary N) is 2. The van der Waals surface area contributed by atoms with E-state index in [0.29, 0.717) is 23.6 Å². The summed E-state index contributed by atoms with van der Waals surface area (Å²) < 4.78 is 11.7. The number of amides is 1. The molecule has 1 aromatic carbocycles. The highest BCUT2D eigenvalue weighted by Gasteiger charge is 2.20. The van der Waals surface area contributed by atoms with Crippen LogP contribution in [0.25, 0.3) is 11.3 Å². The van der Waals surface area contributed by atoms with E-state index in [1.54, 1.807) is 0 Å². The maximum Gasteiger partial charge on any atom is 0.255 e. The molecular formula is C16H21N3O2S. The molecule has 1 amide bonds. The van der Waals surface area contributed by atoms with Crippen molar-refractivity contribution in [1.82, 2.24) is 15.5 Å². The molecule has 2 aromatic rings. The lowest BCUT2D eigenvalue weighted by Crippen LogP contribution is -2.32. The van der Waals surface area contributed by atoms with Gasteiger partial charge in [-0.15, -0.1) is 0 Å². The number of nitrogens with zero attached hydrogens (tertiary/aromatic N) is 1. The Labute approximate surface area is 133 Å². The zero-order valence-electron chi connectivity index (χ0n) is 13.1. The quantitative estimate of drug-likeness (QED) is 0.888. The smallest absolute Gasteiger partial charge is 0.255 e. The standard InChI is InChI=1S/C16H21N3O2S/c1-16(2,3)22(21)10-9-17-15(20)13-11-18-19-14(13)12-7-5-4-6-8-12/h4-8,11H,9-10H2,1-3H3,(H,17,20)(H,18,19). The Balaban J connectivity index is 2.00. The van der Waals surface area contributed by atoms with Crippen LogP contribution in [-0.2, 0) is 10.8 Å². The Bertz CT molecular complexity index is 660. The zero-order valence-corrected chi connectivity index (χ0v) is 13.9. The van der Waals surface area contributed by atoms with Gasteiger partial charge in [-0.05, 0) is 20.8 Å². The number of H-pyrrole nitrogens is 1. The number of benzene rings is 1. The summed E-state index contributed by atoms with van der Waals surface area (Å²) in [4.78, 5) is 12.3. The van der Waals surface area contributed by atoms with Crippen molar-refractivity contribution in [2.24, 2.45) is 0 Å². The minimum atomic E-state index is -0.980. The van der Waals surface area contributed by atoms with Crippen molar-refractivity contribution in [3.8, 4) is 11.3 Å². The topological polar surface area (TPSA) is 74.8 Å². The summed E-state index contributed by atoms with van der Waals surface area (Å²) in [6, 6.07) is 9.56. The second-order valence-corrected chi connectivity index (χ2v) is 8.27. The molecule has 0 bridgehead atoms. The van der Waals surface area contributed by atoms with Crippen molar-refractivity contribution in [3.05, 3.63) is 42.1 Å². The van der Waals surface area contributed by atoms with Crippen LogP contribution in [0.15, 0.2) is 36.5 Å². The number of hydrogen-bond acceptors (Lipinski definition) is 3. The van der Waals surface area contributed by atoms with Crippen molar-refractivity contribution >= 4 is 16.7 Å². The molecule has 0 aliphatic heterocycles. The molecule has 22 heavy (non-hydrogen) atoms. The Morgan fingerprint density at radius 2 is 1.95 bits per heavy atom. The highest BCUT2D eigenvalue weighted by Crippen LogP contribution is 2.20. The Morgan fingerprint density at radius 1 is 1.27 bits per heavy atom. The van der Waals surface area contributed by atoms with E-state index in [1.807, 2.05) is 51.1 Å². The largest absolute Gasteiger partial charge is 0.351 e. The first-order valence-corrected chi connectivity index (χ1v) is 8.47. The fourth-order valence-electron chi connectivity index (χ4n) is 1.94. The predicted octanol–water partition coefficient (Wildman–Crippen LogP) is 2.35. The van der Waals surface area contributed by atoms with Gasteiger partial charge in [0.25, 0.3) is 5.91 Å². The lowest BCUT2D eigenvalue weighted by molar-refractivity contribution is 0.0957. The fraction of sp³-hybridized carbons (Fsp3) is 0.375. The molecule has 0 saturated carbocycles. The molecule has 118 valence electrons. The van der Waals surface area contributed by atoms with Gasteiger partial charge in [0.2, 0.25) is 0 Å². The minimum Gasteiger partial charge on any atom is -0.351 e. The molecule has 2 N–H and O–H groups in total. The summed E-state index contributed by atoms with van der Waals surface area (Å²) in [5.74, 6) is 0.229. The fourth-order valence-corrected chi connectivity index (χ4v) is 2.84. The third-order valence-corrected chi connectivity index (χ3v) is 5.14. The number of carbonyl (C=O) groups excluding carboxylic acids is 1. The Hall–Kier alpha value is -1.95. The van der Waals surface area contributed by atoms with Crippen LogP contribution in [-0.4, -0.2) is 37.4 Å². The van der Waals surface area contributed by atoms with Gasteiger partial charge in [-0.3, -0.25) is 14.1 Å². The van der Waals surface area contributed by atoms with E-state index in [2.05, 4.69) is 15.5 Å². The van der Waals surface area contributed by atoms with Gasteiger partial charge in [-0.2, -0.15) is 5.10 Å². The lowest BCUT2D eigenvalue weighted by Gasteiger charge is -2.17. The first kappa shape index (κ1) is 16.4. The third-order valence-electron chi connectivity index (χ3n) is 3.20. The maximum atomic E-state index is 12.3. The molecule has 5 nitrogen and oxygen atoms in total. The van der Waals surface area contributed by atoms with Crippen LogP contribution < -0.4 is 5.32 Å². The first-order chi connectivity index (χ1) is 10.4. The number of rotatable bonds is 5. The van der Waals surface area contributed by atoms with Crippen molar-refractivity contribution in [3.63, 3.8) is 0 Å². The van der Waals surface area contributed by atoms with Crippen molar-refractivity contribution in [2.75, 3.05) is 12.3 Å². The van der Waals surface area contributed by atoms with Gasteiger partial charge in [0, 0.05) is 33.4 Å². The van der Waals surface area contributed by atoms with E-state index in [0.717, 1.165) is 5.56 Å². The second kappa shape index (κ2) is 6.87. The number of carbonyl (C=O) groups is 1. The van der Waals surface area contributed by atoms with E-state index in [9.17, 15) is 9.00 Å². The zero-order chi connectivity index (χ0) is 16.2. The van der Waals surface area contributed by atoms with Crippen molar-refractivity contribution < 1.29 is 9.00 Å². The van der Waals surface area contributed by atoms with Gasteiger partial charge in [-0.1, -0.05) is 30.3 Å². The molecule has 0 saturated heterocycles. The molecular weight excluding hydrogens is 298 g/mol. The molecule has 1 aromatic heterocycles. The van der Waals surface area contributed by atoms with Crippen LogP contribution in [0.1, 0.15) is 31.1 Å². The lowest BCUT2D eigenvalue weighted by atomic mass is 10.1. The van der Waals surface area contributed by atoms with Gasteiger partial charge in [0.1, 0.15) is 0 Å². The van der Waals surface area contributed by atoms with E-state index in [-0.39, 0.29) is 10.7 Å². The molecule has 0 fully saturated rings. The number of aromatic amines is 1. The van der Waals surface area contributed by atoms with Crippen LogP contribution >= 0.6 is 0 Å². The van der Waals surface area contributed by atoms with Gasteiger partial charge < -0.3 is 5.32 Å². The average Bonchev–Trinajstić information content (AvgIpc) is 2.96. The van der Waals surface area contributed by atoms with Gasteiger partial charge >= 0.3 is 0 Å².